The van der Waals surface area contributed by atoms with Gasteiger partial charge in [-0.05, 0) is 31.5 Å². The molecule has 0 saturated heterocycles. The van der Waals surface area contributed by atoms with Crippen LogP contribution in [0.15, 0.2) is 33.5 Å². The van der Waals surface area contributed by atoms with E-state index in [4.69, 9.17) is 14.3 Å². The second kappa shape index (κ2) is 6.95. The van der Waals surface area contributed by atoms with Crippen molar-refractivity contribution < 1.29 is 23.8 Å². The molecule has 7 heteroatoms. The lowest BCUT2D eigenvalue weighted by Gasteiger charge is -2.11. The molecule has 2 aromatic rings. The molecule has 1 amide bonds. The van der Waals surface area contributed by atoms with Crippen molar-refractivity contribution in [2.75, 3.05) is 6.61 Å². The zero-order valence-corrected chi connectivity index (χ0v) is 12.8. The molecule has 0 aliphatic heterocycles. The van der Waals surface area contributed by atoms with Gasteiger partial charge in [-0.2, -0.15) is 0 Å². The summed E-state index contributed by atoms with van der Waals surface area (Å²) < 4.78 is 10.2. The average Bonchev–Trinajstić information content (AvgIpc) is 2.51. The monoisotopic (exact) mass is 319 g/mol. The largest absolute Gasteiger partial charge is 0.482 e. The highest BCUT2D eigenvalue weighted by Gasteiger charge is 2.15. The first kappa shape index (κ1) is 16.5. The average molecular weight is 319 g/mol. The summed E-state index contributed by atoms with van der Waals surface area (Å²) in [7, 11) is 0. The highest BCUT2D eigenvalue weighted by molar-refractivity contribution is 5.96. The van der Waals surface area contributed by atoms with Gasteiger partial charge in [0.15, 0.2) is 6.61 Å². The molecule has 23 heavy (non-hydrogen) atoms. The van der Waals surface area contributed by atoms with Crippen LogP contribution in [0.4, 0.5) is 0 Å². The van der Waals surface area contributed by atoms with Crippen molar-refractivity contribution in [1.82, 2.24) is 5.32 Å². The number of carbonyl (C=O) groups excluding carboxylic acids is 1. The third-order valence-corrected chi connectivity index (χ3v) is 3.30. The predicted octanol–water partition coefficient (Wildman–Crippen LogP) is 1.78. The van der Waals surface area contributed by atoms with Crippen molar-refractivity contribution in [3.05, 3.63) is 40.2 Å². The molecule has 0 saturated carbocycles. The van der Waals surface area contributed by atoms with E-state index >= 15 is 0 Å². The molecule has 0 aliphatic rings. The van der Waals surface area contributed by atoms with Crippen LogP contribution in [-0.2, 0) is 4.79 Å². The lowest BCUT2D eigenvalue weighted by molar-refractivity contribution is -0.139. The van der Waals surface area contributed by atoms with E-state index in [0.29, 0.717) is 5.39 Å². The molecule has 2 rings (SSSR count). The maximum Gasteiger partial charge on any atom is 0.349 e. The zero-order valence-electron chi connectivity index (χ0n) is 12.8. The molecule has 0 fully saturated rings. The van der Waals surface area contributed by atoms with Gasteiger partial charge in [-0.1, -0.05) is 6.92 Å². The summed E-state index contributed by atoms with van der Waals surface area (Å²) in [5.74, 6) is -1.33. The second-order valence-electron chi connectivity index (χ2n) is 5.11. The molecule has 0 aliphatic carbocycles. The van der Waals surface area contributed by atoms with Crippen LogP contribution in [0, 0.1) is 0 Å². The minimum Gasteiger partial charge on any atom is -0.482 e. The molecule has 1 unspecified atom stereocenters. The Labute approximate surface area is 131 Å². The van der Waals surface area contributed by atoms with Crippen LogP contribution in [0.25, 0.3) is 11.0 Å². The number of nitrogens with one attached hydrogen (secondary N) is 1. The van der Waals surface area contributed by atoms with Crippen molar-refractivity contribution in [3.8, 4) is 5.75 Å². The fourth-order valence-corrected chi connectivity index (χ4v) is 1.89. The first-order chi connectivity index (χ1) is 10.9. The molecular weight excluding hydrogens is 302 g/mol. The first-order valence-electron chi connectivity index (χ1n) is 7.14. The van der Waals surface area contributed by atoms with Gasteiger partial charge in [0, 0.05) is 17.5 Å². The van der Waals surface area contributed by atoms with Gasteiger partial charge in [-0.15, -0.1) is 0 Å². The van der Waals surface area contributed by atoms with Crippen LogP contribution < -0.4 is 15.7 Å². The second-order valence-corrected chi connectivity index (χ2v) is 5.11. The third-order valence-electron chi connectivity index (χ3n) is 3.30. The van der Waals surface area contributed by atoms with Crippen molar-refractivity contribution in [3.63, 3.8) is 0 Å². The Hall–Kier alpha value is -2.83. The Bertz CT molecular complexity index is 795. The van der Waals surface area contributed by atoms with Gasteiger partial charge in [0.05, 0.1) is 0 Å². The summed E-state index contributed by atoms with van der Waals surface area (Å²) in [6.45, 7) is 3.27. The minimum absolute atomic E-state index is 0.0515. The summed E-state index contributed by atoms with van der Waals surface area (Å²) in [6, 6.07) is 5.94. The van der Waals surface area contributed by atoms with E-state index in [0.717, 1.165) is 6.42 Å². The number of amides is 1. The van der Waals surface area contributed by atoms with Crippen molar-refractivity contribution in [1.29, 1.82) is 0 Å². The van der Waals surface area contributed by atoms with E-state index in [1.54, 1.807) is 12.1 Å². The molecule has 1 heterocycles. The van der Waals surface area contributed by atoms with Gasteiger partial charge < -0.3 is 19.6 Å². The number of carboxylic acids is 1. The van der Waals surface area contributed by atoms with E-state index < -0.39 is 24.1 Å². The molecule has 0 bridgehead atoms. The predicted molar refractivity (Wildman–Crippen MR) is 82.8 cm³/mol. The Morgan fingerprint density at radius 3 is 2.74 bits per heavy atom. The highest BCUT2D eigenvalue weighted by atomic mass is 16.5. The van der Waals surface area contributed by atoms with E-state index in [1.165, 1.54) is 12.1 Å². The topological polar surface area (TPSA) is 106 Å². The van der Waals surface area contributed by atoms with Crippen LogP contribution in [0.2, 0.25) is 0 Å². The van der Waals surface area contributed by atoms with Crippen LogP contribution in [-0.4, -0.2) is 29.6 Å². The number of ether oxygens (including phenoxy) is 1. The summed E-state index contributed by atoms with van der Waals surface area (Å²) in [6.07, 6.45) is 0.745. The van der Waals surface area contributed by atoms with E-state index in [1.807, 2.05) is 13.8 Å². The van der Waals surface area contributed by atoms with Crippen LogP contribution in [0.3, 0.4) is 0 Å². The minimum atomic E-state index is -1.11. The van der Waals surface area contributed by atoms with Crippen molar-refractivity contribution >= 4 is 22.8 Å². The number of hydrogen-bond acceptors (Lipinski definition) is 5. The van der Waals surface area contributed by atoms with Crippen LogP contribution in [0.5, 0.6) is 5.75 Å². The SMILES string of the molecule is CCC(C)NC(=O)c1cc2ccc(OCC(=O)O)cc2oc1=O. The lowest BCUT2D eigenvalue weighted by atomic mass is 10.1. The first-order valence-corrected chi connectivity index (χ1v) is 7.14. The van der Waals surface area contributed by atoms with Gasteiger partial charge in [0.1, 0.15) is 16.9 Å². The summed E-state index contributed by atoms with van der Waals surface area (Å²) in [5.41, 5.74) is -0.608. The summed E-state index contributed by atoms with van der Waals surface area (Å²) in [5, 5.41) is 11.8. The Morgan fingerprint density at radius 1 is 1.35 bits per heavy atom. The molecule has 1 aromatic carbocycles. The van der Waals surface area contributed by atoms with Gasteiger partial charge >= 0.3 is 11.6 Å². The van der Waals surface area contributed by atoms with Gasteiger partial charge in [-0.3, -0.25) is 4.79 Å². The standard InChI is InChI=1S/C16H17NO6/c1-3-9(2)17-15(20)12-6-10-4-5-11(22-8-14(18)19)7-13(10)23-16(12)21/h4-7,9H,3,8H2,1-2H3,(H,17,20)(H,18,19). The Balaban J connectivity index is 2.31. The van der Waals surface area contributed by atoms with Crippen LogP contribution >= 0.6 is 0 Å². The molecule has 0 spiro atoms. The lowest BCUT2D eigenvalue weighted by Crippen LogP contribution is -2.34. The Kier molecular flexibility index (Phi) is 5.00. The Morgan fingerprint density at radius 2 is 2.09 bits per heavy atom. The van der Waals surface area contributed by atoms with Crippen molar-refractivity contribution in [2.45, 2.75) is 26.3 Å². The van der Waals surface area contributed by atoms with Gasteiger partial charge in [-0.25, -0.2) is 9.59 Å². The van der Waals surface area contributed by atoms with Crippen LogP contribution in [0.1, 0.15) is 30.6 Å². The van der Waals surface area contributed by atoms with E-state index in [2.05, 4.69) is 5.32 Å². The number of fused-ring (bicyclic) bond motifs is 1. The fourth-order valence-electron chi connectivity index (χ4n) is 1.89. The summed E-state index contributed by atoms with van der Waals surface area (Å²) in [4.78, 5) is 34.5. The van der Waals surface area contributed by atoms with Crippen molar-refractivity contribution in [2.24, 2.45) is 0 Å². The molecule has 1 atom stereocenters. The van der Waals surface area contributed by atoms with E-state index in [9.17, 15) is 14.4 Å². The number of carboxylic acid groups (broad SMARTS) is 1. The zero-order chi connectivity index (χ0) is 17.0. The third kappa shape index (κ3) is 4.09. The molecule has 7 nitrogen and oxygen atoms in total. The summed E-state index contributed by atoms with van der Waals surface area (Å²) >= 11 is 0. The van der Waals surface area contributed by atoms with Gasteiger partial charge in [0.2, 0.25) is 0 Å². The maximum absolute atomic E-state index is 12.1. The van der Waals surface area contributed by atoms with Gasteiger partial charge in [0.25, 0.3) is 5.91 Å². The number of hydrogen-bond donors (Lipinski definition) is 2. The molecule has 0 radical (unpaired) electrons. The molecule has 122 valence electrons. The number of carbonyl (C=O) groups is 2. The van der Waals surface area contributed by atoms with E-state index in [-0.39, 0.29) is 22.9 Å². The maximum atomic E-state index is 12.1. The number of rotatable bonds is 6. The smallest absolute Gasteiger partial charge is 0.349 e. The molecule has 2 N–H and O–H groups in total. The molecular formula is C16H17NO6. The highest BCUT2D eigenvalue weighted by Crippen LogP contribution is 2.20. The number of aliphatic carboxylic acids is 1. The molecule has 1 aromatic heterocycles. The number of benzene rings is 1. The quantitative estimate of drug-likeness (QED) is 0.786. The fraction of sp³-hybridized carbons (Fsp3) is 0.312. The normalized spacial score (nSPS) is 11.9.